The third-order valence-corrected chi connectivity index (χ3v) is 4.56. The van der Waals surface area contributed by atoms with E-state index in [0.29, 0.717) is 12.8 Å². The number of rotatable bonds is 4. The highest BCUT2D eigenvalue weighted by Crippen LogP contribution is 2.24. The van der Waals surface area contributed by atoms with Gasteiger partial charge in [-0.2, -0.15) is 0 Å². The van der Waals surface area contributed by atoms with Crippen molar-refractivity contribution in [3.63, 3.8) is 0 Å². The highest BCUT2D eigenvalue weighted by atomic mass is 32.2. The minimum Gasteiger partial charge on any atom is -0.406 e. The zero-order valence-electron chi connectivity index (χ0n) is 11.0. The molecule has 9 heteroatoms. The first-order chi connectivity index (χ1) is 9.76. The summed E-state index contributed by atoms with van der Waals surface area (Å²) in [7, 11) is -3.73. The average Bonchev–Trinajstić information content (AvgIpc) is 2.38. The summed E-state index contributed by atoms with van der Waals surface area (Å²) in [6.45, 7) is 1.46. The molecule has 0 unspecified atom stereocenters. The van der Waals surface area contributed by atoms with Crippen molar-refractivity contribution in [2.24, 2.45) is 0 Å². The Bertz CT molecular complexity index is 566. The number of benzene rings is 1. The highest BCUT2D eigenvalue weighted by Gasteiger charge is 2.31. The lowest BCUT2D eigenvalue weighted by Gasteiger charge is -2.23. The van der Waals surface area contributed by atoms with Gasteiger partial charge in [-0.1, -0.05) is 0 Å². The van der Waals surface area contributed by atoms with E-state index in [0.717, 1.165) is 37.4 Å². The lowest BCUT2D eigenvalue weighted by molar-refractivity contribution is -0.274. The molecule has 0 aliphatic carbocycles. The minimum atomic E-state index is -4.80. The Morgan fingerprint density at radius 1 is 1.14 bits per heavy atom. The number of sulfonamides is 1. The molecule has 1 aromatic carbocycles. The predicted molar refractivity (Wildman–Crippen MR) is 69.3 cm³/mol. The van der Waals surface area contributed by atoms with Gasteiger partial charge in [-0.3, -0.25) is 0 Å². The molecule has 5 nitrogen and oxygen atoms in total. The molecular weight excluding hydrogens is 309 g/mol. The molecule has 0 amide bonds. The molecule has 0 bridgehead atoms. The Kier molecular flexibility index (Phi) is 4.74. The molecule has 0 saturated carbocycles. The third-order valence-electron chi connectivity index (χ3n) is 3.03. The van der Waals surface area contributed by atoms with E-state index in [-0.39, 0.29) is 10.9 Å². The first-order valence-electron chi connectivity index (χ1n) is 6.35. The SMILES string of the molecule is O=S(=O)(NC1CCNCC1)c1ccc(OC(F)(F)F)cc1. The van der Waals surface area contributed by atoms with Gasteiger partial charge in [0.05, 0.1) is 4.90 Å². The molecule has 1 fully saturated rings. The standard InChI is InChI=1S/C12H15F3N2O3S/c13-12(14,15)20-10-1-3-11(4-2-10)21(18,19)17-9-5-7-16-8-6-9/h1-4,9,16-17H,5-8H2. The second kappa shape index (κ2) is 6.20. The second-order valence-corrected chi connectivity index (χ2v) is 6.38. The number of hydrogen-bond acceptors (Lipinski definition) is 4. The Balaban J connectivity index is 2.06. The third kappa shape index (κ3) is 4.87. The van der Waals surface area contributed by atoms with Crippen molar-refractivity contribution in [1.82, 2.24) is 10.0 Å². The molecule has 0 spiro atoms. The fraction of sp³-hybridized carbons (Fsp3) is 0.500. The highest BCUT2D eigenvalue weighted by molar-refractivity contribution is 7.89. The molecule has 1 aromatic rings. The molecule has 1 aliphatic heterocycles. The maximum Gasteiger partial charge on any atom is 0.573 e. The van der Waals surface area contributed by atoms with Gasteiger partial charge in [-0.25, -0.2) is 13.1 Å². The summed E-state index contributed by atoms with van der Waals surface area (Å²) in [5.41, 5.74) is 0. The number of halogens is 3. The predicted octanol–water partition coefficient (Wildman–Crippen LogP) is 1.62. The first-order valence-corrected chi connectivity index (χ1v) is 7.83. The summed E-state index contributed by atoms with van der Waals surface area (Å²) in [6.07, 6.45) is -3.45. The van der Waals surface area contributed by atoms with Crippen LogP contribution in [0, 0.1) is 0 Å². The van der Waals surface area contributed by atoms with Crippen molar-refractivity contribution in [1.29, 1.82) is 0 Å². The summed E-state index contributed by atoms with van der Waals surface area (Å²) >= 11 is 0. The number of ether oxygens (including phenoxy) is 1. The lowest BCUT2D eigenvalue weighted by Crippen LogP contribution is -2.42. The Morgan fingerprint density at radius 3 is 2.24 bits per heavy atom. The normalized spacial score (nSPS) is 17.7. The second-order valence-electron chi connectivity index (χ2n) is 4.66. The van der Waals surface area contributed by atoms with Crippen LogP contribution in [0.25, 0.3) is 0 Å². The van der Waals surface area contributed by atoms with Gasteiger partial charge in [-0.15, -0.1) is 13.2 Å². The maximum absolute atomic E-state index is 12.1. The van der Waals surface area contributed by atoms with Gasteiger partial charge >= 0.3 is 6.36 Å². The van der Waals surface area contributed by atoms with E-state index in [9.17, 15) is 21.6 Å². The number of piperidine rings is 1. The monoisotopic (exact) mass is 324 g/mol. The van der Waals surface area contributed by atoms with Gasteiger partial charge in [-0.05, 0) is 50.2 Å². The molecule has 21 heavy (non-hydrogen) atoms. The van der Waals surface area contributed by atoms with E-state index in [2.05, 4.69) is 14.8 Å². The van der Waals surface area contributed by atoms with Crippen LogP contribution in [0.15, 0.2) is 29.2 Å². The van der Waals surface area contributed by atoms with Crippen molar-refractivity contribution in [3.05, 3.63) is 24.3 Å². The van der Waals surface area contributed by atoms with E-state index >= 15 is 0 Å². The summed E-state index contributed by atoms with van der Waals surface area (Å²) in [5, 5.41) is 3.11. The molecule has 2 N–H and O–H groups in total. The van der Waals surface area contributed by atoms with E-state index in [1.165, 1.54) is 0 Å². The van der Waals surface area contributed by atoms with Gasteiger partial charge in [0.25, 0.3) is 0 Å². The Labute approximate surface area is 120 Å². The first kappa shape index (κ1) is 16.1. The molecule has 1 saturated heterocycles. The van der Waals surface area contributed by atoms with Crippen LogP contribution in [-0.4, -0.2) is 33.9 Å². The molecule has 118 valence electrons. The Hall–Kier alpha value is -1.32. The quantitative estimate of drug-likeness (QED) is 0.883. The minimum absolute atomic E-state index is 0.0874. The zero-order chi connectivity index (χ0) is 15.5. The molecule has 1 heterocycles. The van der Waals surface area contributed by atoms with Crippen LogP contribution in [0.2, 0.25) is 0 Å². The summed E-state index contributed by atoms with van der Waals surface area (Å²) in [5.74, 6) is -0.455. The van der Waals surface area contributed by atoms with E-state index in [4.69, 9.17) is 0 Å². The van der Waals surface area contributed by atoms with Crippen LogP contribution in [0.4, 0.5) is 13.2 Å². The molecule has 0 aromatic heterocycles. The maximum atomic E-state index is 12.1. The molecule has 0 radical (unpaired) electrons. The summed E-state index contributed by atoms with van der Waals surface area (Å²) < 4.78 is 66.5. The van der Waals surface area contributed by atoms with Crippen LogP contribution in [0.1, 0.15) is 12.8 Å². The van der Waals surface area contributed by atoms with Crippen LogP contribution in [-0.2, 0) is 10.0 Å². The van der Waals surface area contributed by atoms with Gasteiger partial charge in [0.15, 0.2) is 0 Å². The number of nitrogens with one attached hydrogen (secondary N) is 2. The van der Waals surface area contributed by atoms with E-state index in [1.807, 2.05) is 0 Å². The van der Waals surface area contributed by atoms with Crippen molar-refractivity contribution < 1.29 is 26.3 Å². The van der Waals surface area contributed by atoms with Gasteiger partial charge < -0.3 is 10.1 Å². The van der Waals surface area contributed by atoms with Crippen molar-refractivity contribution in [2.45, 2.75) is 30.1 Å². The van der Waals surface area contributed by atoms with E-state index in [1.54, 1.807) is 0 Å². The van der Waals surface area contributed by atoms with E-state index < -0.39 is 22.1 Å². The lowest BCUT2D eigenvalue weighted by atomic mass is 10.1. The number of alkyl halides is 3. The zero-order valence-corrected chi connectivity index (χ0v) is 11.8. The molecular formula is C12H15F3N2O3S. The molecule has 1 aliphatic rings. The largest absolute Gasteiger partial charge is 0.573 e. The van der Waals surface area contributed by atoms with Crippen molar-refractivity contribution in [2.75, 3.05) is 13.1 Å². The number of hydrogen-bond donors (Lipinski definition) is 2. The van der Waals surface area contributed by atoms with Crippen LogP contribution >= 0.6 is 0 Å². The van der Waals surface area contributed by atoms with Gasteiger partial charge in [0.2, 0.25) is 10.0 Å². The average molecular weight is 324 g/mol. The molecule has 2 rings (SSSR count). The van der Waals surface area contributed by atoms with Crippen LogP contribution < -0.4 is 14.8 Å². The van der Waals surface area contributed by atoms with Gasteiger partial charge in [0.1, 0.15) is 5.75 Å². The van der Waals surface area contributed by atoms with Crippen molar-refractivity contribution in [3.8, 4) is 5.75 Å². The fourth-order valence-electron chi connectivity index (χ4n) is 2.05. The topological polar surface area (TPSA) is 67.4 Å². The smallest absolute Gasteiger partial charge is 0.406 e. The van der Waals surface area contributed by atoms with Crippen molar-refractivity contribution >= 4 is 10.0 Å². The fourth-order valence-corrected chi connectivity index (χ4v) is 3.35. The van der Waals surface area contributed by atoms with Crippen LogP contribution in [0.5, 0.6) is 5.75 Å². The Morgan fingerprint density at radius 2 is 1.71 bits per heavy atom. The summed E-state index contributed by atoms with van der Waals surface area (Å²) in [4.78, 5) is -0.0874. The van der Waals surface area contributed by atoms with Gasteiger partial charge in [0, 0.05) is 6.04 Å². The summed E-state index contributed by atoms with van der Waals surface area (Å²) in [6, 6.07) is 3.96. The van der Waals surface area contributed by atoms with Crippen LogP contribution in [0.3, 0.4) is 0 Å². The molecule has 0 atom stereocenters.